The summed E-state index contributed by atoms with van der Waals surface area (Å²) in [6.45, 7) is 7.29. The highest BCUT2D eigenvalue weighted by atomic mass is 31.2. The molecule has 0 bridgehead atoms. The lowest BCUT2D eigenvalue weighted by Gasteiger charge is -2.21. The first-order valence-corrected chi connectivity index (χ1v) is 42.2. The van der Waals surface area contributed by atoms with E-state index in [4.69, 9.17) is 37.0 Å². The van der Waals surface area contributed by atoms with Crippen LogP contribution in [-0.2, 0) is 65.4 Å². The van der Waals surface area contributed by atoms with Gasteiger partial charge in [0.15, 0.2) is 12.2 Å². The minimum atomic E-state index is -4.96. The van der Waals surface area contributed by atoms with E-state index in [1.54, 1.807) is 0 Å². The van der Waals surface area contributed by atoms with E-state index in [2.05, 4.69) is 34.6 Å². The highest BCUT2D eigenvalue weighted by molar-refractivity contribution is 7.47. The predicted octanol–water partition coefficient (Wildman–Crippen LogP) is 22.1. The largest absolute Gasteiger partial charge is 0.472 e. The zero-order valence-electron chi connectivity index (χ0n) is 61.1. The number of ether oxygens (including phenoxy) is 4. The Hall–Kier alpha value is -1.94. The van der Waals surface area contributed by atoms with Crippen LogP contribution in [0.15, 0.2) is 0 Å². The lowest BCUT2D eigenvalue weighted by Crippen LogP contribution is -2.30. The van der Waals surface area contributed by atoms with Crippen LogP contribution >= 0.6 is 15.6 Å². The van der Waals surface area contributed by atoms with Gasteiger partial charge in [0.25, 0.3) is 0 Å². The molecule has 0 saturated carbocycles. The summed E-state index contributed by atoms with van der Waals surface area (Å²) < 4.78 is 68.5. The summed E-state index contributed by atoms with van der Waals surface area (Å²) in [5.41, 5.74) is 0. The third-order valence-corrected chi connectivity index (χ3v) is 19.8. The van der Waals surface area contributed by atoms with Crippen molar-refractivity contribution in [3.8, 4) is 0 Å². The Morgan fingerprint density at radius 3 is 0.755 bits per heavy atom. The van der Waals surface area contributed by atoms with Gasteiger partial charge in [0, 0.05) is 25.7 Å². The molecule has 3 N–H and O–H groups in total. The smallest absolute Gasteiger partial charge is 0.462 e. The number of unbranched alkanes of at least 4 members (excludes halogenated alkanes) is 46. The fraction of sp³-hybridized carbons (Fsp3) is 0.947. The van der Waals surface area contributed by atoms with Gasteiger partial charge in [0.05, 0.1) is 26.4 Å². The Morgan fingerprint density at radius 2 is 0.511 bits per heavy atom. The van der Waals surface area contributed by atoms with E-state index in [0.717, 1.165) is 95.8 Å². The van der Waals surface area contributed by atoms with E-state index < -0.39 is 97.5 Å². The number of esters is 4. The summed E-state index contributed by atoms with van der Waals surface area (Å²) in [6, 6.07) is 0. The number of phosphoric ester groups is 2. The topological polar surface area (TPSA) is 237 Å². The monoisotopic (exact) mass is 1380 g/mol. The van der Waals surface area contributed by atoms with E-state index in [0.29, 0.717) is 25.7 Å². The molecule has 0 aliphatic rings. The van der Waals surface area contributed by atoms with Crippen molar-refractivity contribution in [2.24, 2.45) is 5.92 Å². The van der Waals surface area contributed by atoms with Crippen molar-refractivity contribution in [1.29, 1.82) is 0 Å². The molecule has 558 valence electrons. The number of carbonyl (C=O) groups is 4. The Morgan fingerprint density at radius 1 is 0.298 bits per heavy atom. The van der Waals surface area contributed by atoms with Gasteiger partial charge in [-0.25, -0.2) is 9.13 Å². The number of rotatable bonds is 75. The molecule has 0 aromatic carbocycles. The molecular formula is C75H146O17P2. The van der Waals surface area contributed by atoms with Crippen LogP contribution in [0.3, 0.4) is 0 Å². The summed E-state index contributed by atoms with van der Waals surface area (Å²) in [7, 11) is -9.91. The highest BCUT2D eigenvalue weighted by Gasteiger charge is 2.30. The van der Waals surface area contributed by atoms with E-state index >= 15 is 0 Å². The fourth-order valence-electron chi connectivity index (χ4n) is 11.5. The van der Waals surface area contributed by atoms with Crippen molar-refractivity contribution in [1.82, 2.24) is 0 Å². The van der Waals surface area contributed by atoms with E-state index in [1.165, 1.54) is 218 Å². The third kappa shape index (κ3) is 67.3. The molecule has 0 aliphatic carbocycles. The molecule has 17 nitrogen and oxygen atoms in total. The molecule has 0 amide bonds. The Balaban J connectivity index is 5.22. The van der Waals surface area contributed by atoms with Crippen LogP contribution in [0.2, 0.25) is 0 Å². The summed E-state index contributed by atoms with van der Waals surface area (Å²) >= 11 is 0. The Kier molecular flexibility index (Phi) is 66.8. The van der Waals surface area contributed by atoms with Gasteiger partial charge in [-0.2, -0.15) is 0 Å². The van der Waals surface area contributed by atoms with E-state index in [-0.39, 0.29) is 25.7 Å². The van der Waals surface area contributed by atoms with Crippen molar-refractivity contribution in [2.45, 2.75) is 412 Å². The van der Waals surface area contributed by atoms with Crippen LogP contribution < -0.4 is 0 Å². The molecule has 0 heterocycles. The maximum Gasteiger partial charge on any atom is 0.472 e. The van der Waals surface area contributed by atoms with Crippen molar-refractivity contribution in [3.63, 3.8) is 0 Å². The van der Waals surface area contributed by atoms with Gasteiger partial charge in [-0.1, -0.05) is 343 Å². The normalized spacial score (nSPS) is 14.3. The first kappa shape index (κ1) is 92.1. The minimum Gasteiger partial charge on any atom is -0.462 e. The number of carbonyl (C=O) groups excluding carboxylic acids is 4. The summed E-state index contributed by atoms with van der Waals surface area (Å²) in [5.74, 6) is -1.34. The summed E-state index contributed by atoms with van der Waals surface area (Å²) in [4.78, 5) is 72.7. The molecule has 6 atom stereocenters. The van der Waals surface area contributed by atoms with Gasteiger partial charge >= 0.3 is 39.5 Å². The van der Waals surface area contributed by atoms with Crippen LogP contribution in [-0.4, -0.2) is 96.7 Å². The second-order valence-corrected chi connectivity index (χ2v) is 30.2. The second-order valence-electron chi connectivity index (χ2n) is 27.3. The van der Waals surface area contributed by atoms with E-state index in [9.17, 15) is 43.2 Å². The molecule has 3 unspecified atom stereocenters. The molecule has 0 aromatic rings. The number of aliphatic hydroxyl groups is 1. The molecule has 0 fully saturated rings. The SMILES string of the molecule is CCCCCCCCCCCCCCCCCCCCCC(=O)O[C@H](COC(=O)CCCCCCCCCCC(C)CC)COP(=O)(O)OC[C@@H](O)COP(=O)(O)OC[C@@H](COC(=O)CCCCCCCCCCCCC)OC(=O)CCCCCCCCCCCCCC. The van der Waals surface area contributed by atoms with Crippen LogP contribution in [0.1, 0.15) is 394 Å². The lowest BCUT2D eigenvalue weighted by atomic mass is 9.99. The Bertz CT molecular complexity index is 1810. The number of phosphoric acid groups is 2. The van der Waals surface area contributed by atoms with Crippen LogP contribution in [0.4, 0.5) is 0 Å². The number of hydrogen-bond donors (Lipinski definition) is 3. The highest BCUT2D eigenvalue weighted by Crippen LogP contribution is 2.45. The van der Waals surface area contributed by atoms with Crippen LogP contribution in [0.5, 0.6) is 0 Å². The molecule has 0 aromatic heterocycles. The van der Waals surface area contributed by atoms with Crippen molar-refractivity contribution < 1.29 is 80.2 Å². The van der Waals surface area contributed by atoms with Gasteiger partial charge in [0.1, 0.15) is 19.3 Å². The second kappa shape index (κ2) is 68.2. The zero-order chi connectivity index (χ0) is 69.1. The van der Waals surface area contributed by atoms with Crippen molar-refractivity contribution in [3.05, 3.63) is 0 Å². The number of aliphatic hydroxyl groups excluding tert-OH is 1. The van der Waals surface area contributed by atoms with Gasteiger partial charge < -0.3 is 33.8 Å². The average Bonchev–Trinajstić information content (AvgIpc) is 2.27. The molecule has 0 saturated heterocycles. The molecule has 94 heavy (non-hydrogen) atoms. The summed E-state index contributed by atoms with van der Waals surface area (Å²) in [5, 5.41) is 10.6. The quantitative estimate of drug-likeness (QED) is 0.0222. The molecule has 0 spiro atoms. The first-order valence-electron chi connectivity index (χ1n) is 39.2. The minimum absolute atomic E-state index is 0.108. The predicted molar refractivity (Wildman–Crippen MR) is 382 cm³/mol. The van der Waals surface area contributed by atoms with Gasteiger partial charge in [-0.15, -0.1) is 0 Å². The maximum atomic E-state index is 13.1. The van der Waals surface area contributed by atoms with Crippen LogP contribution in [0.25, 0.3) is 0 Å². The fourth-order valence-corrected chi connectivity index (χ4v) is 13.1. The van der Waals surface area contributed by atoms with E-state index in [1.807, 2.05) is 0 Å². The van der Waals surface area contributed by atoms with Gasteiger partial charge in [-0.05, 0) is 31.6 Å². The molecule has 0 radical (unpaired) electrons. The molecule has 0 aliphatic heterocycles. The van der Waals surface area contributed by atoms with Crippen molar-refractivity contribution >= 4 is 39.5 Å². The van der Waals surface area contributed by atoms with Gasteiger partial charge in [-0.3, -0.25) is 37.3 Å². The zero-order valence-corrected chi connectivity index (χ0v) is 62.9. The van der Waals surface area contributed by atoms with Crippen LogP contribution in [0, 0.1) is 5.92 Å². The van der Waals surface area contributed by atoms with Crippen molar-refractivity contribution in [2.75, 3.05) is 39.6 Å². The standard InChI is InChI=1S/C75H146O17P2/c1-6-10-13-16-19-22-25-27-28-29-30-31-32-33-36-39-46-51-56-61-75(80)92-71(65-86-73(78)59-54-49-44-41-40-42-47-52-57-68(5)9-4)67-90-94(83,84)88-63-69(76)62-87-93(81,82)89-66-70(64-85-72(77)58-53-48-43-37-34-24-21-18-15-12-8-3)91-74(79)60-55-50-45-38-35-26-23-20-17-14-11-7-2/h68-71,76H,6-67H2,1-5H3,(H,81,82)(H,83,84)/t68?,69-,70+,71+/m0/s1. The summed E-state index contributed by atoms with van der Waals surface area (Å²) in [6.07, 6.45) is 56.7. The first-order chi connectivity index (χ1) is 45.6. The molecule has 0 rings (SSSR count). The Labute approximate surface area is 575 Å². The third-order valence-electron chi connectivity index (χ3n) is 17.9. The van der Waals surface area contributed by atoms with Gasteiger partial charge in [0.2, 0.25) is 0 Å². The average molecular weight is 1380 g/mol. The maximum absolute atomic E-state index is 13.1. The molecule has 19 heteroatoms. The molecular weight excluding hydrogens is 1230 g/mol. The number of hydrogen-bond acceptors (Lipinski definition) is 15. The lowest BCUT2D eigenvalue weighted by molar-refractivity contribution is -0.161.